The van der Waals surface area contributed by atoms with Crippen LogP contribution in [0.2, 0.25) is 0 Å². The van der Waals surface area contributed by atoms with Crippen LogP contribution in [-0.2, 0) is 4.74 Å². The molecule has 11 heteroatoms. The predicted molar refractivity (Wildman–Crippen MR) is 134 cm³/mol. The largest absolute Gasteiger partial charge is 0.378 e. The maximum atomic E-state index is 14.2. The Kier molecular flexibility index (Phi) is 7.37. The van der Waals surface area contributed by atoms with Crippen molar-refractivity contribution in [3.8, 4) is 0 Å². The molecule has 2 aromatic heterocycles. The summed E-state index contributed by atoms with van der Waals surface area (Å²) in [7, 11) is 0. The van der Waals surface area contributed by atoms with Gasteiger partial charge in [-0.05, 0) is 42.2 Å². The van der Waals surface area contributed by atoms with Crippen molar-refractivity contribution in [2.75, 3.05) is 55.0 Å². The summed E-state index contributed by atoms with van der Waals surface area (Å²) in [6.45, 7) is 4.14. The van der Waals surface area contributed by atoms with Gasteiger partial charge >= 0.3 is 0 Å². The summed E-state index contributed by atoms with van der Waals surface area (Å²) in [5, 5.41) is 7.55. The van der Waals surface area contributed by atoms with Crippen LogP contribution in [0, 0.1) is 5.82 Å². The van der Waals surface area contributed by atoms with Gasteiger partial charge in [0.05, 0.1) is 43.2 Å². The lowest BCUT2D eigenvalue weighted by Crippen LogP contribution is -2.41. The first-order chi connectivity index (χ1) is 17.2. The van der Waals surface area contributed by atoms with E-state index in [0.29, 0.717) is 37.9 Å². The third-order valence-corrected chi connectivity index (χ3v) is 5.92. The van der Waals surface area contributed by atoms with Crippen molar-refractivity contribution in [2.45, 2.75) is 12.3 Å². The fourth-order valence-corrected chi connectivity index (χ4v) is 4.07. The van der Waals surface area contributed by atoms with Gasteiger partial charge in [0.25, 0.3) is 0 Å². The number of rotatable bonds is 7. The monoisotopic (exact) mass is 477 g/mol. The molecule has 182 valence electrons. The Hall–Kier alpha value is -3.67. The summed E-state index contributed by atoms with van der Waals surface area (Å²) in [6.07, 6.45) is 5.57. The van der Waals surface area contributed by atoms with Crippen LogP contribution in [0.1, 0.15) is 23.6 Å². The van der Waals surface area contributed by atoms with E-state index in [2.05, 4.69) is 59.8 Å². The summed E-state index contributed by atoms with van der Waals surface area (Å²) >= 11 is 0. The third kappa shape index (κ3) is 6.07. The molecule has 0 saturated carbocycles. The van der Waals surface area contributed by atoms with Gasteiger partial charge < -0.3 is 15.0 Å². The number of hydrogen-bond donors (Lipinski definition) is 4. The van der Waals surface area contributed by atoms with Crippen molar-refractivity contribution in [3.63, 3.8) is 0 Å². The van der Waals surface area contributed by atoms with Gasteiger partial charge in [0.2, 0.25) is 5.95 Å². The average Bonchev–Trinajstić information content (AvgIpc) is 2.92. The number of ether oxygens (including phenoxy) is 1. The highest BCUT2D eigenvalue weighted by atomic mass is 19.1. The normalized spacial score (nSPS) is 18.5. The Morgan fingerprint density at radius 3 is 2.80 bits per heavy atom. The number of benzene rings is 1. The number of hydrogen-bond acceptors (Lipinski definition) is 10. The number of hydrazine groups is 1. The van der Waals surface area contributed by atoms with Crippen molar-refractivity contribution in [1.29, 1.82) is 0 Å². The first-order valence-corrected chi connectivity index (χ1v) is 11.7. The van der Waals surface area contributed by atoms with Crippen LogP contribution >= 0.6 is 0 Å². The second-order valence-electron chi connectivity index (χ2n) is 8.35. The number of nitrogens with one attached hydrogen (secondary N) is 4. The standard InChI is InChI=1S/C24H28FN9O/c25-22-16-27-24(32-23(22)34-8-10-35-11-9-34)33-30-15-20-4-5-21(14-26-20)31-19-3-1-2-17(12-19)18-6-7-28-29-13-18/h1-5,12,14-16,18,28-29,31H,6-11,13H2,(H,27,32,33)/b30-15+. The summed E-state index contributed by atoms with van der Waals surface area (Å²) in [5.41, 5.74) is 13.0. The van der Waals surface area contributed by atoms with E-state index in [-0.39, 0.29) is 11.8 Å². The van der Waals surface area contributed by atoms with Crippen LogP contribution in [0.3, 0.4) is 0 Å². The zero-order valence-corrected chi connectivity index (χ0v) is 19.2. The number of anilines is 4. The zero-order valence-electron chi connectivity index (χ0n) is 19.2. The highest BCUT2D eigenvalue weighted by Crippen LogP contribution is 2.25. The van der Waals surface area contributed by atoms with Gasteiger partial charge in [-0.3, -0.25) is 15.8 Å². The van der Waals surface area contributed by atoms with E-state index in [9.17, 15) is 4.39 Å². The molecule has 10 nitrogen and oxygen atoms in total. The van der Waals surface area contributed by atoms with E-state index in [0.717, 1.165) is 37.1 Å². The molecule has 2 fully saturated rings. The van der Waals surface area contributed by atoms with Crippen LogP contribution < -0.4 is 26.5 Å². The lowest BCUT2D eigenvalue weighted by Gasteiger charge is -2.27. The summed E-state index contributed by atoms with van der Waals surface area (Å²) in [6, 6.07) is 12.3. The lowest BCUT2D eigenvalue weighted by molar-refractivity contribution is 0.122. The quantitative estimate of drug-likeness (QED) is 0.301. The predicted octanol–water partition coefficient (Wildman–Crippen LogP) is 2.62. The molecule has 2 aliphatic rings. The van der Waals surface area contributed by atoms with Gasteiger partial charge in [-0.15, -0.1) is 0 Å². The molecule has 4 heterocycles. The van der Waals surface area contributed by atoms with Gasteiger partial charge in [-0.2, -0.15) is 10.1 Å². The minimum atomic E-state index is -0.468. The SMILES string of the molecule is Fc1cnc(N/N=C/c2ccc(Nc3cccc(C4CCNNC4)c3)cn2)nc1N1CCOCC1. The fourth-order valence-electron chi connectivity index (χ4n) is 4.07. The molecular formula is C24H28FN9O. The van der Waals surface area contributed by atoms with E-state index in [4.69, 9.17) is 4.74 Å². The molecule has 0 amide bonds. The van der Waals surface area contributed by atoms with Gasteiger partial charge in [-0.1, -0.05) is 12.1 Å². The summed E-state index contributed by atoms with van der Waals surface area (Å²) < 4.78 is 19.5. The van der Waals surface area contributed by atoms with Gasteiger partial charge in [-0.25, -0.2) is 14.8 Å². The molecule has 0 aliphatic carbocycles. The molecule has 1 atom stereocenters. The van der Waals surface area contributed by atoms with Crippen molar-refractivity contribution in [1.82, 2.24) is 25.8 Å². The second-order valence-corrected chi connectivity index (χ2v) is 8.35. The number of hydrazone groups is 1. The number of pyridine rings is 1. The van der Waals surface area contributed by atoms with Crippen molar-refractivity contribution in [2.24, 2.45) is 5.10 Å². The van der Waals surface area contributed by atoms with Crippen molar-refractivity contribution >= 4 is 29.4 Å². The molecule has 3 aromatic rings. The highest BCUT2D eigenvalue weighted by Gasteiger charge is 2.18. The van der Waals surface area contributed by atoms with E-state index in [1.54, 1.807) is 12.4 Å². The highest BCUT2D eigenvalue weighted by molar-refractivity contribution is 5.78. The summed E-state index contributed by atoms with van der Waals surface area (Å²) in [5.74, 6) is 0.489. The maximum Gasteiger partial charge on any atom is 0.245 e. The molecule has 5 rings (SSSR count). The second kappa shape index (κ2) is 11.2. The van der Waals surface area contributed by atoms with E-state index in [1.807, 2.05) is 23.1 Å². The zero-order chi connectivity index (χ0) is 23.9. The number of morpholine rings is 1. The van der Waals surface area contributed by atoms with Crippen molar-refractivity contribution < 1.29 is 9.13 Å². The molecule has 0 bridgehead atoms. The van der Waals surface area contributed by atoms with Crippen molar-refractivity contribution in [3.05, 3.63) is 65.9 Å². The lowest BCUT2D eigenvalue weighted by atomic mass is 9.94. The molecule has 2 aliphatic heterocycles. The molecule has 1 unspecified atom stereocenters. The maximum absolute atomic E-state index is 14.2. The smallest absolute Gasteiger partial charge is 0.245 e. The summed E-state index contributed by atoms with van der Waals surface area (Å²) in [4.78, 5) is 14.5. The van der Waals surface area contributed by atoms with Crippen LogP contribution in [0.5, 0.6) is 0 Å². The Morgan fingerprint density at radius 2 is 2.00 bits per heavy atom. The first-order valence-electron chi connectivity index (χ1n) is 11.7. The molecule has 2 saturated heterocycles. The average molecular weight is 478 g/mol. The Morgan fingerprint density at radius 1 is 1.09 bits per heavy atom. The van der Waals surface area contributed by atoms with Gasteiger partial charge in [0.15, 0.2) is 11.6 Å². The first kappa shape index (κ1) is 23.1. The molecule has 0 spiro atoms. The topological polar surface area (TPSA) is 112 Å². The number of aromatic nitrogens is 3. The van der Waals surface area contributed by atoms with E-state index in [1.165, 1.54) is 5.56 Å². The molecule has 1 aromatic carbocycles. The van der Waals surface area contributed by atoms with Crippen LogP contribution in [0.4, 0.5) is 27.5 Å². The third-order valence-electron chi connectivity index (χ3n) is 5.92. The molecule has 0 radical (unpaired) electrons. The van der Waals surface area contributed by atoms with Crippen LogP contribution in [0.15, 0.2) is 53.9 Å². The van der Waals surface area contributed by atoms with E-state index >= 15 is 0 Å². The minimum Gasteiger partial charge on any atom is -0.378 e. The van der Waals surface area contributed by atoms with Crippen LogP contribution in [0.25, 0.3) is 0 Å². The Bertz CT molecular complexity index is 1150. The number of halogens is 1. The van der Waals surface area contributed by atoms with Gasteiger partial charge in [0.1, 0.15) is 0 Å². The Labute approximate surface area is 203 Å². The fraction of sp³-hybridized carbons (Fsp3) is 0.333. The minimum absolute atomic E-state index is 0.214. The molecule has 35 heavy (non-hydrogen) atoms. The van der Waals surface area contributed by atoms with E-state index < -0.39 is 5.82 Å². The van der Waals surface area contributed by atoms with Crippen LogP contribution in [-0.4, -0.2) is 60.6 Å². The molecular weight excluding hydrogens is 449 g/mol. The number of nitrogens with zero attached hydrogens (tertiary/aromatic N) is 5. The van der Waals surface area contributed by atoms with Gasteiger partial charge in [0, 0.05) is 31.9 Å². The Balaban J connectivity index is 1.18. The molecule has 4 N–H and O–H groups in total.